The summed E-state index contributed by atoms with van der Waals surface area (Å²) in [6.45, 7) is 9.97. The number of halogens is 1. The van der Waals surface area contributed by atoms with Crippen LogP contribution in [0.5, 0.6) is 0 Å². The fourth-order valence-electron chi connectivity index (χ4n) is 4.10. The Labute approximate surface area is 179 Å². The maximum Gasteiger partial charge on any atom is 0.410 e. The quantitative estimate of drug-likeness (QED) is 0.746. The molecule has 1 aromatic rings. The fraction of sp³-hybridized carbons (Fsp3) is 0.652. The van der Waals surface area contributed by atoms with Crippen LogP contribution in [0, 0.1) is 11.7 Å². The van der Waals surface area contributed by atoms with Crippen molar-refractivity contribution < 1.29 is 18.7 Å². The predicted molar refractivity (Wildman–Crippen MR) is 115 cm³/mol. The van der Waals surface area contributed by atoms with E-state index in [1.165, 1.54) is 12.1 Å². The summed E-state index contributed by atoms with van der Waals surface area (Å²) in [7, 11) is 0. The average molecular weight is 420 g/mol. The van der Waals surface area contributed by atoms with Gasteiger partial charge in [-0.25, -0.2) is 9.18 Å². The maximum absolute atomic E-state index is 13.2. The highest BCUT2D eigenvalue weighted by atomic mass is 19.1. The molecule has 0 atom stereocenters. The number of likely N-dealkylation sites (tertiary alicyclic amines) is 1. The van der Waals surface area contributed by atoms with Gasteiger partial charge in [0.05, 0.1) is 0 Å². The minimum Gasteiger partial charge on any atom is -0.444 e. The van der Waals surface area contributed by atoms with E-state index in [-0.39, 0.29) is 17.8 Å². The molecule has 0 N–H and O–H groups in total. The molecule has 1 aromatic carbocycles. The molecule has 0 spiro atoms. The topological polar surface area (TPSA) is 53.1 Å². The van der Waals surface area contributed by atoms with Crippen LogP contribution in [0.2, 0.25) is 0 Å². The Morgan fingerprint density at radius 3 is 2.27 bits per heavy atom. The lowest BCUT2D eigenvalue weighted by molar-refractivity contribution is -0.132. The number of rotatable bonds is 3. The third-order valence-electron chi connectivity index (χ3n) is 5.77. The number of anilines is 1. The molecule has 6 nitrogen and oxygen atoms in total. The zero-order valence-corrected chi connectivity index (χ0v) is 18.4. The van der Waals surface area contributed by atoms with Crippen molar-refractivity contribution in [2.24, 2.45) is 5.92 Å². The molecule has 0 saturated carbocycles. The van der Waals surface area contributed by atoms with Gasteiger partial charge in [0.15, 0.2) is 0 Å². The van der Waals surface area contributed by atoms with Crippen LogP contribution in [-0.4, -0.2) is 66.7 Å². The number of carbonyl (C=O) groups excluding carboxylic acids is 2. The lowest BCUT2D eigenvalue weighted by atomic mass is 9.93. The van der Waals surface area contributed by atoms with Crippen molar-refractivity contribution in [2.45, 2.75) is 52.1 Å². The molecule has 2 amide bonds. The van der Waals surface area contributed by atoms with Gasteiger partial charge < -0.3 is 19.4 Å². The van der Waals surface area contributed by atoms with E-state index in [2.05, 4.69) is 4.90 Å². The summed E-state index contributed by atoms with van der Waals surface area (Å²) in [5.74, 6) is 0.280. The summed E-state index contributed by atoms with van der Waals surface area (Å²) < 4.78 is 18.6. The van der Waals surface area contributed by atoms with E-state index in [4.69, 9.17) is 4.74 Å². The summed E-state index contributed by atoms with van der Waals surface area (Å²) in [5, 5.41) is 0. The van der Waals surface area contributed by atoms with Gasteiger partial charge in [-0.15, -0.1) is 0 Å². The molecule has 0 aromatic heterocycles. The standard InChI is InChI=1S/C23H34FN3O3/c1-23(2,3)30-22(29)27-13-9-18(10-14-27)17-21(28)26-12-4-11-25(15-16-26)20-7-5-19(24)6-8-20/h5-8,18H,4,9-17H2,1-3H3. The second-order valence-electron chi connectivity index (χ2n) is 9.31. The first kappa shape index (κ1) is 22.4. The van der Waals surface area contributed by atoms with Crippen LogP contribution in [0.1, 0.15) is 46.5 Å². The average Bonchev–Trinajstić information content (AvgIpc) is 2.94. The van der Waals surface area contributed by atoms with Crippen LogP contribution in [0.25, 0.3) is 0 Å². The van der Waals surface area contributed by atoms with Crippen molar-refractivity contribution in [3.05, 3.63) is 30.1 Å². The number of ether oxygens (including phenoxy) is 1. The van der Waals surface area contributed by atoms with E-state index in [1.54, 1.807) is 17.0 Å². The number of benzene rings is 1. The summed E-state index contributed by atoms with van der Waals surface area (Å²) in [5.41, 5.74) is 0.513. The summed E-state index contributed by atoms with van der Waals surface area (Å²) >= 11 is 0. The Kier molecular flexibility index (Phi) is 7.21. The van der Waals surface area contributed by atoms with Crippen LogP contribution >= 0.6 is 0 Å². The number of nitrogens with zero attached hydrogens (tertiary/aromatic N) is 3. The van der Waals surface area contributed by atoms with E-state index >= 15 is 0 Å². The van der Waals surface area contributed by atoms with Crippen molar-refractivity contribution in [1.29, 1.82) is 0 Å². The van der Waals surface area contributed by atoms with E-state index in [1.807, 2.05) is 25.7 Å². The molecule has 0 radical (unpaired) electrons. The van der Waals surface area contributed by atoms with E-state index in [0.29, 0.717) is 32.0 Å². The third-order valence-corrected chi connectivity index (χ3v) is 5.77. The molecule has 0 bridgehead atoms. The number of carbonyl (C=O) groups is 2. The molecular formula is C23H34FN3O3. The molecule has 0 unspecified atom stereocenters. The molecule has 0 aliphatic carbocycles. The zero-order chi connectivity index (χ0) is 21.7. The lowest BCUT2D eigenvalue weighted by Crippen LogP contribution is -2.43. The Bertz CT molecular complexity index is 724. The second kappa shape index (κ2) is 9.67. The minimum atomic E-state index is -0.488. The van der Waals surface area contributed by atoms with E-state index in [0.717, 1.165) is 44.6 Å². The zero-order valence-electron chi connectivity index (χ0n) is 18.4. The molecule has 2 aliphatic rings. The molecule has 30 heavy (non-hydrogen) atoms. The summed E-state index contributed by atoms with van der Waals surface area (Å²) in [6.07, 6.45) is 2.85. The molecule has 3 rings (SSSR count). The van der Waals surface area contributed by atoms with E-state index in [9.17, 15) is 14.0 Å². The van der Waals surface area contributed by atoms with Gasteiger partial charge in [0.2, 0.25) is 5.91 Å². The Morgan fingerprint density at radius 2 is 1.63 bits per heavy atom. The van der Waals surface area contributed by atoms with Gasteiger partial charge in [-0.05, 0) is 70.2 Å². The third kappa shape index (κ3) is 6.34. The Morgan fingerprint density at radius 1 is 0.967 bits per heavy atom. The van der Waals surface area contributed by atoms with Gasteiger partial charge >= 0.3 is 6.09 Å². The van der Waals surface area contributed by atoms with Gasteiger partial charge in [-0.1, -0.05) is 0 Å². The molecule has 2 aliphatic heterocycles. The highest BCUT2D eigenvalue weighted by Gasteiger charge is 2.29. The van der Waals surface area contributed by atoms with Gasteiger partial charge in [0.25, 0.3) is 0 Å². The van der Waals surface area contributed by atoms with Crippen molar-refractivity contribution in [3.8, 4) is 0 Å². The number of piperidine rings is 1. The fourth-order valence-corrected chi connectivity index (χ4v) is 4.10. The number of hydrogen-bond acceptors (Lipinski definition) is 4. The Hall–Kier alpha value is -2.31. The van der Waals surface area contributed by atoms with Crippen LogP contribution in [0.3, 0.4) is 0 Å². The van der Waals surface area contributed by atoms with Crippen LogP contribution < -0.4 is 4.90 Å². The molecule has 166 valence electrons. The summed E-state index contributed by atoms with van der Waals surface area (Å²) in [4.78, 5) is 31.0. The van der Waals surface area contributed by atoms with Crippen molar-refractivity contribution in [3.63, 3.8) is 0 Å². The molecule has 2 heterocycles. The van der Waals surface area contributed by atoms with Crippen molar-refractivity contribution >= 4 is 17.7 Å². The predicted octanol–water partition coefficient (Wildman–Crippen LogP) is 3.90. The highest BCUT2D eigenvalue weighted by molar-refractivity contribution is 5.76. The van der Waals surface area contributed by atoms with Crippen LogP contribution in [-0.2, 0) is 9.53 Å². The molecule has 2 saturated heterocycles. The van der Waals surface area contributed by atoms with Crippen molar-refractivity contribution in [1.82, 2.24) is 9.80 Å². The molecule has 2 fully saturated rings. The van der Waals surface area contributed by atoms with Crippen molar-refractivity contribution in [2.75, 3.05) is 44.2 Å². The largest absolute Gasteiger partial charge is 0.444 e. The van der Waals surface area contributed by atoms with E-state index < -0.39 is 5.60 Å². The summed E-state index contributed by atoms with van der Waals surface area (Å²) in [6, 6.07) is 6.55. The van der Waals surface area contributed by atoms with Gasteiger partial charge in [0.1, 0.15) is 11.4 Å². The first-order chi connectivity index (χ1) is 14.2. The normalized spacial score (nSPS) is 18.9. The first-order valence-electron chi connectivity index (χ1n) is 11.0. The van der Waals surface area contributed by atoms with Gasteiger partial charge in [-0.3, -0.25) is 4.79 Å². The van der Waals surface area contributed by atoms with Gasteiger partial charge in [-0.2, -0.15) is 0 Å². The smallest absolute Gasteiger partial charge is 0.410 e. The second-order valence-corrected chi connectivity index (χ2v) is 9.31. The van der Waals surface area contributed by atoms with Gasteiger partial charge in [0, 0.05) is 51.4 Å². The SMILES string of the molecule is CC(C)(C)OC(=O)N1CCC(CC(=O)N2CCCN(c3ccc(F)cc3)CC2)CC1. The first-order valence-corrected chi connectivity index (χ1v) is 11.0. The minimum absolute atomic E-state index is 0.201. The number of hydrogen-bond donors (Lipinski definition) is 0. The van der Waals surface area contributed by atoms with Crippen LogP contribution in [0.15, 0.2) is 24.3 Å². The molecule has 7 heteroatoms. The monoisotopic (exact) mass is 419 g/mol. The maximum atomic E-state index is 13.2. The lowest BCUT2D eigenvalue weighted by Gasteiger charge is -2.34. The Balaban J connectivity index is 1.44. The number of amides is 2. The highest BCUT2D eigenvalue weighted by Crippen LogP contribution is 2.24. The molecular weight excluding hydrogens is 385 g/mol. The van der Waals surface area contributed by atoms with Crippen LogP contribution in [0.4, 0.5) is 14.9 Å².